The molecule has 1 aromatic carbocycles. The first-order valence-corrected chi connectivity index (χ1v) is 3.30. The van der Waals surface area contributed by atoms with Crippen molar-refractivity contribution in [2.24, 2.45) is 0 Å². The fraction of sp³-hybridized carbons (Fsp3) is 0.125. The SMILES string of the molecule is O=C(O)CNc1ccccc1.[NaH]. The van der Waals surface area contributed by atoms with E-state index >= 15 is 0 Å². The van der Waals surface area contributed by atoms with Crippen LogP contribution in [0.15, 0.2) is 30.3 Å². The summed E-state index contributed by atoms with van der Waals surface area (Å²) in [4.78, 5) is 10.1. The van der Waals surface area contributed by atoms with E-state index in [-0.39, 0.29) is 36.1 Å². The van der Waals surface area contributed by atoms with Crippen LogP contribution in [0, 0.1) is 0 Å². The minimum absolute atomic E-state index is 0. The van der Waals surface area contributed by atoms with Gasteiger partial charge in [0.15, 0.2) is 0 Å². The van der Waals surface area contributed by atoms with Gasteiger partial charge in [-0.3, -0.25) is 4.79 Å². The zero-order valence-corrected chi connectivity index (χ0v) is 5.95. The molecule has 0 aromatic heterocycles. The molecule has 0 fully saturated rings. The molecule has 0 unspecified atom stereocenters. The molecule has 0 aliphatic carbocycles. The normalized spacial score (nSPS) is 8.33. The summed E-state index contributed by atoms with van der Waals surface area (Å²) in [6.45, 7) is -0.0377. The van der Waals surface area contributed by atoms with Gasteiger partial charge in [-0.15, -0.1) is 0 Å². The Balaban J connectivity index is 0.00000121. The average Bonchev–Trinajstić information content (AvgIpc) is 2.03. The van der Waals surface area contributed by atoms with Gasteiger partial charge in [0.1, 0.15) is 6.54 Å². The third kappa shape index (κ3) is 4.38. The fourth-order valence-corrected chi connectivity index (χ4v) is 0.734. The van der Waals surface area contributed by atoms with Crippen LogP contribution in [0.4, 0.5) is 5.69 Å². The molecule has 0 aliphatic rings. The van der Waals surface area contributed by atoms with E-state index in [1.54, 1.807) is 0 Å². The zero-order valence-electron chi connectivity index (χ0n) is 5.95. The third-order valence-corrected chi connectivity index (χ3v) is 1.22. The van der Waals surface area contributed by atoms with E-state index in [4.69, 9.17) is 5.11 Å². The Morgan fingerprint density at radius 1 is 1.33 bits per heavy atom. The van der Waals surface area contributed by atoms with Gasteiger partial charge in [0, 0.05) is 5.69 Å². The van der Waals surface area contributed by atoms with E-state index in [0.29, 0.717) is 0 Å². The van der Waals surface area contributed by atoms with Crippen LogP contribution in [-0.2, 0) is 4.79 Å². The van der Waals surface area contributed by atoms with Gasteiger partial charge < -0.3 is 10.4 Å². The topological polar surface area (TPSA) is 49.3 Å². The first-order valence-electron chi connectivity index (χ1n) is 3.30. The fourth-order valence-electron chi connectivity index (χ4n) is 0.734. The Bertz CT molecular complexity index is 238. The molecule has 0 saturated carbocycles. The summed E-state index contributed by atoms with van der Waals surface area (Å²) < 4.78 is 0. The molecule has 0 spiro atoms. The number of nitrogens with one attached hydrogen (secondary N) is 1. The molecular weight excluding hydrogens is 165 g/mol. The molecule has 0 saturated heterocycles. The van der Waals surface area contributed by atoms with Crippen LogP contribution in [0.3, 0.4) is 0 Å². The van der Waals surface area contributed by atoms with E-state index in [0.717, 1.165) is 5.69 Å². The number of aliphatic carboxylic acids is 1. The van der Waals surface area contributed by atoms with E-state index in [2.05, 4.69) is 5.32 Å². The van der Waals surface area contributed by atoms with Crippen LogP contribution in [-0.4, -0.2) is 47.2 Å². The van der Waals surface area contributed by atoms with Crippen molar-refractivity contribution in [2.45, 2.75) is 0 Å². The van der Waals surface area contributed by atoms with Crippen molar-refractivity contribution in [3.05, 3.63) is 30.3 Å². The number of hydrogen-bond donors (Lipinski definition) is 2. The Kier molecular flexibility index (Phi) is 5.80. The molecule has 0 atom stereocenters. The maximum atomic E-state index is 10.1. The van der Waals surface area contributed by atoms with Crippen LogP contribution in [0.1, 0.15) is 0 Å². The van der Waals surface area contributed by atoms with Gasteiger partial charge in [0.2, 0.25) is 0 Å². The van der Waals surface area contributed by atoms with Gasteiger partial charge in [-0.1, -0.05) is 18.2 Å². The molecule has 0 bridgehead atoms. The molecule has 2 N–H and O–H groups in total. The summed E-state index contributed by atoms with van der Waals surface area (Å²) in [7, 11) is 0. The Morgan fingerprint density at radius 2 is 1.92 bits per heavy atom. The van der Waals surface area contributed by atoms with Crippen molar-refractivity contribution in [3.8, 4) is 0 Å². The molecule has 12 heavy (non-hydrogen) atoms. The quantitative estimate of drug-likeness (QED) is 0.659. The van der Waals surface area contributed by atoms with Crippen LogP contribution in [0.2, 0.25) is 0 Å². The van der Waals surface area contributed by atoms with Crippen LogP contribution < -0.4 is 5.32 Å². The van der Waals surface area contributed by atoms with Gasteiger partial charge in [-0.2, -0.15) is 0 Å². The number of carboxylic acids is 1. The number of carboxylic acid groups (broad SMARTS) is 1. The van der Waals surface area contributed by atoms with E-state index < -0.39 is 5.97 Å². The van der Waals surface area contributed by atoms with Crippen molar-refractivity contribution >= 4 is 41.2 Å². The summed E-state index contributed by atoms with van der Waals surface area (Å²) in [6.07, 6.45) is 0. The minimum atomic E-state index is -0.853. The van der Waals surface area contributed by atoms with Gasteiger partial charge in [-0.05, 0) is 12.1 Å². The second-order valence-corrected chi connectivity index (χ2v) is 2.11. The molecule has 1 rings (SSSR count). The predicted octanol–water partition coefficient (Wildman–Crippen LogP) is 0.535. The van der Waals surface area contributed by atoms with Gasteiger partial charge in [0.25, 0.3) is 0 Å². The van der Waals surface area contributed by atoms with Crippen LogP contribution in [0.5, 0.6) is 0 Å². The molecule has 1 aromatic rings. The maximum absolute atomic E-state index is 10.1. The second kappa shape index (κ2) is 6.06. The predicted molar refractivity (Wildman–Crippen MR) is 49.7 cm³/mol. The van der Waals surface area contributed by atoms with Crippen LogP contribution >= 0.6 is 0 Å². The van der Waals surface area contributed by atoms with E-state index in [1.165, 1.54) is 0 Å². The summed E-state index contributed by atoms with van der Waals surface area (Å²) in [5.41, 5.74) is 0.829. The molecular formula is C8H10NNaO2. The second-order valence-electron chi connectivity index (χ2n) is 2.11. The Morgan fingerprint density at radius 3 is 2.42 bits per heavy atom. The van der Waals surface area contributed by atoms with Crippen LogP contribution in [0.25, 0.3) is 0 Å². The summed E-state index contributed by atoms with van der Waals surface area (Å²) >= 11 is 0. The first kappa shape index (κ1) is 11.5. The molecule has 0 heterocycles. The first-order chi connectivity index (χ1) is 5.29. The van der Waals surface area contributed by atoms with Crippen molar-refractivity contribution in [3.63, 3.8) is 0 Å². The molecule has 0 radical (unpaired) electrons. The number of carbonyl (C=O) groups is 1. The van der Waals surface area contributed by atoms with Crippen molar-refractivity contribution in [1.29, 1.82) is 0 Å². The number of rotatable bonds is 3. The van der Waals surface area contributed by atoms with Gasteiger partial charge in [0.05, 0.1) is 0 Å². The molecule has 4 heteroatoms. The number of para-hydroxylation sites is 1. The third-order valence-electron chi connectivity index (χ3n) is 1.22. The average molecular weight is 175 g/mol. The molecule has 0 aliphatic heterocycles. The van der Waals surface area contributed by atoms with E-state index in [9.17, 15) is 4.79 Å². The summed E-state index contributed by atoms with van der Waals surface area (Å²) in [5.74, 6) is -0.853. The van der Waals surface area contributed by atoms with Gasteiger partial charge in [-0.25, -0.2) is 0 Å². The molecule has 3 nitrogen and oxygen atoms in total. The van der Waals surface area contributed by atoms with Crippen molar-refractivity contribution in [2.75, 3.05) is 11.9 Å². The van der Waals surface area contributed by atoms with Gasteiger partial charge >= 0.3 is 35.5 Å². The number of anilines is 1. The Hall–Kier alpha value is -0.510. The Labute approximate surface area is 93.1 Å². The monoisotopic (exact) mass is 175 g/mol. The van der Waals surface area contributed by atoms with Crippen molar-refractivity contribution < 1.29 is 9.90 Å². The van der Waals surface area contributed by atoms with Crippen molar-refractivity contribution in [1.82, 2.24) is 0 Å². The molecule has 0 amide bonds. The van der Waals surface area contributed by atoms with E-state index in [1.807, 2.05) is 30.3 Å². The summed E-state index contributed by atoms with van der Waals surface area (Å²) in [5, 5.41) is 11.1. The summed E-state index contributed by atoms with van der Waals surface area (Å²) in [6, 6.07) is 9.23. The zero-order chi connectivity index (χ0) is 8.10. The number of hydrogen-bond acceptors (Lipinski definition) is 2. The molecule has 60 valence electrons. The standard InChI is InChI=1S/C8H9NO2.Na.H/c10-8(11)6-9-7-4-2-1-3-5-7;;/h1-5,9H,6H2,(H,10,11);;. The number of benzene rings is 1.